The average Bonchev–Trinajstić information content (AvgIpc) is 3.10. The minimum absolute atomic E-state index is 0.121. The number of urea groups is 1. The van der Waals surface area contributed by atoms with Crippen LogP contribution >= 0.6 is 11.6 Å². The molecule has 0 radical (unpaired) electrons. The molecule has 1 atom stereocenters. The summed E-state index contributed by atoms with van der Waals surface area (Å²) in [5.41, 5.74) is 2.45. The number of aryl methyl sites for hydroxylation is 2. The fraction of sp³-hybridized carbons (Fsp3) is 0.375. The highest BCUT2D eigenvalue weighted by Crippen LogP contribution is 2.32. The summed E-state index contributed by atoms with van der Waals surface area (Å²) in [5.74, 6) is 0.900. The maximum atomic E-state index is 12.4. The van der Waals surface area contributed by atoms with Gasteiger partial charge in [-0.2, -0.15) is 0 Å². The Kier molecular flexibility index (Phi) is 4.07. The molecule has 3 rings (SSSR count). The highest BCUT2D eigenvalue weighted by molar-refractivity contribution is 6.31. The molecule has 1 saturated heterocycles. The molecule has 2 aromatic rings. The van der Waals surface area contributed by atoms with E-state index in [2.05, 4.69) is 10.5 Å². The fourth-order valence-electron chi connectivity index (χ4n) is 2.85. The molecule has 1 N–H and O–H groups in total. The van der Waals surface area contributed by atoms with Crippen molar-refractivity contribution < 1.29 is 9.32 Å². The largest absolute Gasteiger partial charge is 0.359 e. The lowest BCUT2D eigenvalue weighted by Gasteiger charge is -2.17. The zero-order valence-corrected chi connectivity index (χ0v) is 13.4. The van der Waals surface area contributed by atoms with E-state index in [1.54, 1.807) is 11.8 Å². The smallest absolute Gasteiger partial charge is 0.322 e. The number of carbonyl (C=O) groups is 1. The predicted molar refractivity (Wildman–Crippen MR) is 85.4 cm³/mol. The van der Waals surface area contributed by atoms with E-state index in [0.717, 1.165) is 17.0 Å². The predicted octanol–water partition coefficient (Wildman–Crippen LogP) is 3.97. The van der Waals surface area contributed by atoms with Gasteiger partial charge in [-0.3, -0.25) is 0 Å². The Balaban J connectivity index is 1.68. The molecule has 6 heteroatoms. The Morgan fingerprint density at radius 1 is 1.41 bits per heavy atom. The van der Waals surface area contributed by atoms with Gasteiger partial charge in [0.25, 0.3) is 0 Å². The van der Waals surface area contributed by atoms with Crippen LogP contribution in [0.25, 0.3) is 0 Å². The minimum Gasteiger partial charge on any atom is -0.359 e. The molecule has 2 heterocycles. The molecule has 22 heavy (non-hydrogen) atoms. The van der Waals surface area contributed by atoms with Crippen molar-refractivity contribution >= 4 is 23.3 Å². The molecule has 0 unspecified atom stereocenters. The number of rotatable bonds is 2. The Morgan fingerprint density at radius 3 is 2.86 bits per heavy atom. The van der Waals surface area contributed by atoms with Gasteiger partial charge in [-0.05, 0) is 31.9 Å². The van der Waals surface area contributed by atoms with Crippen LogP contribution < -0.4 is 5.32 Å². The lowest BCUT2D eigenvalue weighted by Crippen LogP contribution is -2.33. The van der Waals surface area contributed by atoms with Crippen LogP contribution in [0, 0.1) is 13.8 Å². The summed E-state index contributed by atoms with van der Waals surface area (Å²) in [5, 5.41) is 7.49. The van der Waals surface area contributed by atoms with Crippen LogP contribution in [-0.2, 0) is 0 Å². The molecule has 1 aliphatic heterocycles. The molecule has 0 aliphatic carbocycles. The number of hydrogen-bond acceptors (Lipinski definition) is 3. The SMILES string of the molecule is Cc1noc(C)c1NC(=O)N1CC[C@@H](c2ccccc2Cl)C1. The normalized spacial score (nSPS) is 17.8. The van der Waals surface area contributed by atoms with Crippen molar-refractivity contribution in [1.29, 1.82) is 0 Å². The first-order valence-corrected chi connectivity index (χ1v) is 7.67. The van der Waals surface area contributed by atoms with Crippen LogP contribution in [0.4, 0.5) is 10.5 Å². The number of nitrogens with zero attached hydrogens (tertiary/aromatic N) is 2. The van der Waals surface area contributed by atoms with Crippen molar-refractivity contribution in [2.24, 2.45) is 0 Å². The van der Waals surface area contributed by atoms with Gasteiger partial charge in [0, 0.05) is 24.0 Å². The Labute approximate surface area is 134 Å². The monoisotopic (exact) mass is 319 g/mol. The van der Waals surface area contributed by atoms with Gasteiger partial charge in [-0.25, -0.2) is 4.79 Å². The summed E-state index contributed by atoms with van der Waals surface area (Å²) < 4.78 is 5.06. The number of anilines is 1. The van der Waals surface area contributed by atoms with Crippen molar-refractivity contribution in [1.82, 2.24) is 10.1 Å². The molecule has 1 aromatic heterocycles. The third-order valence-corrected chi connectivity index (χ3v) is 4.43. The maximum absolute atomic E-state index is 12.4. The van der Waals surface area contributed by atoms with E-state index in [4.69, 9.17) is 16.1 Å². The van der Waals surface area contributed by atoms with E-state index in [1.807, 2.05) is 31.2 Å². The molecule has 5 nitrogen and oxygen atoms in total. The van der Waals surface area contributed by atoms with Crippen LogP contribution in [-0.4, -0.2) is 29.2 Å². The first-order chi connectivity index (χ1) is 10.6. The van der Waals surface area contributed by atoms with E-state index in [1.165, 1.54) is 0 Å². The topological polar surface area (TPSA) is 58.4 Å². The van der Waals surface area contributed by atoms with Crippen LogP contribution in [0.5, 0.6) is 0 Å². The number of halogens is 1. The molecule has 2 amide bonds. The number of hydrogen-bond donors (Lipinski definition) is 1. The highest BCUT2D eigenvalue weighted by Gasteiger charge is 2.29. The highest BCUT2D eigenvalue weighted by atomic mass is 35.5. The second-order valence-electron chi connectivity index (χ2n) is 5.58. The van der Waals surface area contributed by atoms with Crippen molar-refractivity contribution in [3.63, 3.8) is 0 Å². The van der Waals surface area contributed by atoms with Crippen LogP contribution in [0.3, 0.4) is 0 Å². The van der Waals surface area contributed by atoms with Gasteiger partial charge in [0.05, 0.1) is 0 Å². The number of aromatic nitrogens is 1. The number of nitrogens with one attached hydrogen (secondary N) is 1. The molecule has 0 saturated carbocycles. The molecule has 1 fully saturated rings. The Bertz CT molecular complexity index is 679. The van der Waals surface area contributed by atoms with Crippen molar-refractivity contribution in [3.05, 3.63) is 46.3 Å². The van der Waals surface area contributed by atoms with E-state index in [-0.39, 0.29) is 11.9 Å². The van der Waals surface area contributed by atoms with Crippen molar-refractivity contribution in [2.45, 2.75) is 26.2 Å². The van der Waals surface area contributed by atoms with Crippen LogP contribution in [0.1, 0.15) is 29.4 Å². The summed E-state index contributed by atoms with van der Waals surface area (Å²) in [6, 6.07) is 7.70. The van der Waals surface area contributed by atoms with Gasteiger partial charge < -0.3 is 14.7 Å². The molecular weight excluding hydrogens is 302 g/mol. The zero-order valence-electron chi connectivity index (χ0n) is 12.6. The van der Waals surface area contributed by atoms with Gasteiger partial charge in [0.15, 0.2) is 5.76 Å². The molecule has 1 aliphatic rings. The van der Waals surface area contributed by atoms with Gasteiger partial charge in [-0.15, -0.1) is 0 Å². The van der Waals surface area contributed by atoms with Crippen LogP contribution in [0.15, 0.2) is 28.8 Å². The molecular formula is C16H18ClN3O2. The van der Waals surface area contributed by atoms with Gasteiger partial charge in [0.2, 0.25) is 0 Å². The van der Waals surface area contributed by atoms with Crippen LogP contribution in [0.2, 0.25) is 5.02 Å². The van der Waals surface area contributed by atoms with Crippen molar-refractivity contribution in [3.8, 4) is 0 Å². The minimum atomic E-state index is -0.121. The molecule has 1 aromatic carbocycles. The second kappa shape index (κ2) is 6.01. The number of benzene rings is 1. The number of amides is 2. The maximum Gasteiger partial charge on any atom is 0.322 e. The average molecular weight is 320 g/mol. The van der Waals surface area contributed by atoms with Gasteiger partial charge >= 0.3 is 6.03 Å². The number of carbonyl (C=O) groups excluding carboxylic acids is 1. The Morgan fingerprint density at radius 2 is 2.18 bits per heavy atom. The van der Waals surface area contributed by atoms with E-state index < -0.39 is 0 Å². The first-order valence-electron chi connectivity index (χ1n) is 7.29. The van der Waals surface area contributed by atoms with E-state index >= 15 is 0 Å². The summed E-state index contributed by atoms with van der Waals surface area (Å²) in [7, 11) is 0. The molecule has 116 valence electrons. The quantitative estimate of drug-likeness (QED) is 0.911. The standard InChI is InChI=1S/C16H18ClN3O2/c1-10-15(11(2)22-19-10)18-16(21)20-8-7-12(9-20)13-5-3-4-6-14(13)17/h3-6,12H,7-9H2,1-2H3,(H,18,21)/t12-/m1/s1. The van der Waals surface area contributed by atoms with E-state index in [0.29, 0.717) is 30.2 Å². The molecule has 0 spiro atoms. The molecule has 0 bridgehead atoms. The van der Waals surface area contributed by atoms with Gasteiger partial charge in [-0.1, -0.05) is 35.0 Å². The van der Waals surface area contributed by atoms with Gasteiger partial charge in [0.1, 0.15) is 11.4 Å². The third kappa shape index (κ3) is 2.81. The third-order valence-electron chi connectivity index (χ3n) is 4.09. The lowest BCUT2D eigenvalue weighted by molar-refractivity contribution is 0.222. The Hall–Kier alpha value is -2.01. The first kappa shape index (κ1) is 14.9. The van der Waals surface area contributed by atoms with E-state index in [9.17, 15) is 4.79 Å². The summed E-state index contributed by atoms with van der Waals surface area (Å²) >= 11 is 6.25. The second-order valence-corrected chi connectivity index (χ2v) is 5.99. The van der Waals surface area contributed by atoms with Crippen molar-refractivity contribution in [2.75, 3.05) is 18.4 Å². The summed E-state index contributed by atoms with van der Waals surface area (Å²) in [6.07, 6.45) is 0.915. The summed E-state index contributed by atoms with van der Waals surface area (Å²) in [4.78, 5) is 14.2. The fourth-order valence-corrected chi connectivity index (χ4v) is 3.14. The summed E-state index contributed by atoms with van der Waals surface area (Å²) in [6.45, 7) is 4.97. The zero-order chi connectivity index (χ0) is 15.7. The lowest BCUT2D eigenvalue weighted by atomic mass is 9.98. The number of likely N-dealkylation sites (tertiary alicyclic amines) is 1.